The van der Waals surface area contributed by atoms with E-state index in [0.717, 1.165) is 6.07 Å². The maximum atomic E-state index is 13.0. The number of benzene rings is 1. The van der Waals surface area contributed by atoms with Crippen molar-refractivity contribution in [1.29, 1.82) is 0 Å². The zero-order valence-corrected chi connectivity index (χ0v) is 10.3. The van der Waals surface area contributed by atoms with Crippen LogP contribution in [0.25, 0.3) is 0 Å². The molecule has 1 amide bonds. The van der Waals surface area contributed by atoms with Crippen molar-refractivity contribution in [1.82, 2.24) is 10.2 Å². The second-order valence-electron chi connectivity index (χ2n) is 5.05. The number of amides is 1. The third-order valence-electron chi connectivity index (χ3n) is 3.74. The zero-order valence-electron chi connectivity index (χ0n) is 10.3. The van der Waals surface area contributed by atoms with E-state index in [-0.39, 0.29) is 17.6 Å². The molecular weight excluding hydrogens is 257 g/mol. The number of nitrogens with zero attached hydrogens (tertiary/aromatic N) is 1. The Morgan fingerprint density at radius 1 is 1.37 bits per heavy atom. The molecule has 0 spiro atoms. The molecule has 1 N–H and O–H groups in total. The van der Waals surface area contributed by atoms with Crippen LogP contribution in [0, 0.1) is 0 Å². The molecule has 1 aromatic carbocycles. The molecule has 2 aliphatic rings. The van der Waals surface area contributed by atoms with E-state index in [0.29, 0.717) is 18.7 Å². The van der Waals surface area contributed by atoms with E-state index in [1.165, 1.54) is 6.07 Å². The molecule has 1 unspecified atom stereocenters. The van der Waals surface area contributed by atoms with Crippen LogP contribution >= 0.6 is 0 Å². The Kier molecular flexibility index (Phi) is 2.60. The van der Waals surface area contributed by atoms with Gasteiger partial charge in [-0.3, -0.25) is 4.79 Å². The second-order valence-corrected chi connectivity index (χ2v) is 5.05. The quantitative estimate of drug-likeness (QED) is 0.783. The van der Waals surface area contributed by atoms with Crippen LogP contribution in [0.1, 0.15) is 34.5 Å². The molecule has 3 rings (SSSR count). The van der Waals surface area contributed by atoms with Gasteiger partial charge in [0, 0.05) is 19.1 Å². The van der Waals surface area contributed by atoms with Crippen LogP contribution in [-0.4, -0.2) is 29.9 Å². The fraction of sp³-hybridized carbons (Fsp3) is 0.462. The van der Waals surface area contributed by atoms with Crippen LogP contribution in [0.2, 0.25) is 0 Å². The number of halogens is 3. The lowest BCUT2D eigenvalue weighted by Gasteiger charge is -2.34. The molecule has 0 saturated carbocycles. The predicted octanol–water partition coefficient (Wildman–Crippen LogP) is 2.19. The van der Waals surface area contributed by atoms with Crippen molar-refractivity contribution < 1.29 is 18.0 Å². The number of carbonyl (C=O) groups is 1. The Bertz CT molecular complexity index is 541. The smallest absolute Gasteiger partial charge is 0.329 e. The number of hydrogen-bond donors (Lipinski definition) is 1. The Hall–Kier alpha value is -1.56. The van der Waals surface area contributed by atoms with Crippen LogP contribution in [-0.2, 0) is 6.18 Å². The molecule has 0 aliphatic carbocycles. The first-order valence-electron chi connectivity index (χ1n) is 6.14. The highest BCUT2D eigenvalue weighted by Gasteiger charge is 2.45. The van der Waals surface area contributed by atoms with Gasteiger partial charge < -0.3 is 10.2 Å². The lowest BCUT2D eigenvalue weighted by atomic mass is 9.98. The van der Waals surface area contributed by atoms with Crippen LogP contribution in [0.15, 0.2) is 18.2 Å². The molecule has 19 heavy (non-hydrogen) atoms. The van der Waals surface area contributed by atoms with Gasteiger partial charge in [0.2, 0.25) is 0 Å². The molecule has 2 atom stereocenters. The fourth-order valence-corrected chi connectivity index (χ4v) is 2.88. The van der Waals surface area contributed by atoms with Gasteiger partial charge >= 0.3 is 6.18 Å². The first-order chi connectivity index (χ1) is 8.89. The molecule has 6 heteroatoms. The highest BCUT2D eigenvalue weighted by Crippen LogP contribution is 2.42. The van der Waals surface area contributed by atoms with E-state index in [9.17, 15) is 18.0 Å². The van der Waals surface area contributed by atoms with Crippen molar-refractivity contribution in [3.05, 3.63) is 34.9 Å². The van der Waals surface area contributed by atoms with Gasteiger partial charge in [-0.2, -0.15) is 13.2 Å². The summed E-state index contributed by atoms with van der Waals surface area (Å²) in [5.74, 6) is -0.499. The maximum Gasteiger partial charge on any atom is 0.417 e. The molecule has 2 aliphatic heterocycles. The van der Waals surface area contributed by atoms with Crippen molar-refractivity contribution in [3.8, 4) is 0 Å². The summed E-state index contributed by atoms with van der Waals surface area (Å²) < 4.78 is 39.0. The highest BCUT2D eigenvalue weighted by atomic mass is 19.4. The van der Waals surface area contributed by atoms with E-state index in [1.54, 1.807) is 11.0 Å². The minimum atomic E-state index is -4.49. The molecular formula is C13H13F3N2O. The average molecular weight is 270 g/mol. The number of rotatable bonds is 0. The highest BCUT2D eigenvalue weighted by molar-refractivity contribution is 6.01. The summed E-state index contributed by atoms with van der Waals surface area (Å²) in [7, 11) is 0. The summed E-state index contributed by atoms with van der Waals surface area (Å²) in [5, 5.41) is 3.20. The summed E-state index contributed by atoms with van der Waals surface area (Å²) in [6.07, 6.45) is -4.49. The molecule has 0 radical (unpaired) electrons. The van der Waals surface area contributed by atoms with Gasteiger partial charge in [-0.25, -0.2) is 0 Å². The number of carbonyl (C=O) groups excluding carboxylic acids is 1. The van der Waals surface area contributed by atoms with E-state index < -0.39 is 17.6 Å². The van der Waals surface area contributed by atoms with Gasteiger partial charge in [-0.1, -0.05) is 12.1 Å². The van der Waals surface area contributed by atoms with E-state index in [4.69, 9.17) is 0 Å². The van der Waals surface area contributed by atoms with Gasteiger partial charge in [0.05, 0.1) is 17.2 Å². The summed E-state index contributed by atoms with van der Waals surface area (Å²) >= 11 is 0. The number of hydrogen-bond acceptors (Lipinski definition) is 2. The van der Waals surface area contributed by atoms with Crippen LogP contribution < -0.4 is 5.32 Å². The fourth-order valence-electron chi connectivity index (χ4n) is 2.88. The molecule has 1 fully saturated rings. The predicted molar refractivity (Wildman–Crippen MR) is 62.7 cm³/mol. The largest absolute Gasteiger partial charge is 0.417 e. The molecule has 1 saturated heterocycles. The summed E-state index contributed by atoms with van der Waals surface area (Å²) in [6, 6.07) is 3.79. The Balaban J connectivity index is 2.12. The summed E-state index contributed by atoms with van der Waals surface area (Å²) in [6.45, 7) is 2.86. The van der Waals surface area contributed by atoms with E-state index >= 15 is 0 Å². The lowest BCUT2D eigenvalue weighted by Crippen LogP contribution is -2.50. The standard InChI is InChI=1S/C13H13F3N2O/c1-7-6-18-10(5-17-7)8-3-2-4-9(13(14,15)16)11(8)12(18)19/h2-4,7,10,17H,5-6H2,1H3/t7-,10?/m0/s1. The molecule has 0 aromatic heterocycles. The SMILES string of the molecule is C[C@H]1CN2C(=O)c3c(cccc3C(F)(F)F)C2CN1. The lowest BCUT2D eigenvalue weighted by molar-refractivity contribution is -0.137. The Labute approximate surface area is 108 Å². The molecule has 0 bridgehead atoms. The van der Waals surface area contributed by atoms with Crippen molar-refractivity contribution >= 4 is 5.91 Å². The normalized spacial score (nSPS) is 26.3. The number of piperazine rings is 1. The van der Waals surface area contributed by atoms with Gasteiger partial charge in [0.1, 0.15) is 0 Å². The third-order valence-corrected chi connectivity index (χ3v) is 3.74. The van der Waals surface area contributed by atoms with Gasteiger partial charge in [-0.15, -0.1) is 0 Å². The third kappa shape index (κ3) is 1.82. The molecule has 1 aromatic rings. The summed E-state index contributed by atoms with van der Waals surface area (Å²) in [4.78, 5) is 13.8. The first kappa shape index (κ1) is 12.5. The van der Waals surface area contributed by atoms with E-state index in [2.05, 4.69) is 5.32 Å². The van der Waals surface area contributed by atoms with Gasteiger partial charge in [0.15, 0.2) is 0 Å². The van der Waals surface area contributed by atoms with Crippen molar-refractivity contribution in [2.45, 2.75) is 25.2 Å². The molecule has 2 heterocycles. The van der Waals surface area contributed by atoms with Crippen molar-refractivity contribution in [3.63, 3.8) is 0 Å². The Morgan fingerprint density at radius 3 is 2.79 bits per heavy atom. The van der Waals surface area contributed by atoms with Crippen LogP contribution in [0.3, 0.4) is 0 Å². The average Bonchev–Trinajstić information content (AvgIpc) is 2.62. The minimum Gasteiger partial charge on any atom is -0.329 e. The van der Waals surface area contributed by atoms with Crippen LogP contribution in [0.4, 0.5) is 13.2 Å². The minimum absolute atomic E-state index is 0.101. The molecule has 102 valence electrons. The monoisotopic (exact) mass is 270 g/mol. The zero-order chi connectivity index (χ0) is 13.8. The van der Waals surface area contributed by atoms with Crippen molar-refractivity contribution in [2.24, 2.45) is 0 Å². The van der Waals surface area contributed by atoms with Gasteiger partial charge in [-0.05, 0) is 18.6 Å². The topological polar surface area (TPSA) is 32.3 Å². The summed E-state index contributed by atoms with van der Waals surface area (Å²) in [5.41, 5.74) is -0.507. The number of nitrogens with one attached hydrogen (secondary N) is 1. The van der Waals surface area contributed by atoms with Gasteiger partial charge in [0.25, 0.3) is 5.91 Å². The Morgan fingerprint density at radius 2 is 2.11 bits per heavy atom. The molecule has 3 nitrogen and oxygen atoms in total. The maximum absolute atomic E-state index is 13.0. The van der Waals surface area contributed by atoms with Crippen LogP contribution in [0.5, 0.6) is 0 Å². The second kappa shape index (κ2) is 3.96. The van der Waals surface area contributed by atoms with Crippen molar-refractivity contribution in [2.75, 3.05) is 13.1 Å². The van der Waals surface area contributed by atoms with E-state index in [1.807, 2.05) is 6.92 Å². The first-order valence-corrected chi connectivity index (χ1v) is 6.14. The number of fused-ring (bicyclic) bond motifs is 3. The number of alkyl halides is 3.